The van der Waals surface area contributed by atoms with Crippen LogP contribution in [-0.4, -0.2) is 32.4 Å². The number of nitriles is 1. The van der Waals surface area contributed by atoms with Gasteiger partial charge in [0.05, 0.1) is 52.5 Å². The third-order valence-electron chi connectivity index (χ3n) is 4.74. The molecule has 0 aliphatic carbocycles. The van der Waals surface area contributed by atoms with Crippen molar-refractivity contribution in [3.8, 4) is 6.07 Å². The molecule has 0 atom stereocenters. The van der Waals surface area contributed by atoms with E-state index in [-0.39, 0.29) is 6.61 Å². The van der Waals surface area contributed by atoms with E-state index in [2.05, 4.69) is 26.7 Å². The summed E-state index contributed by atoms with van der Waals surface area (Å²) in [5, 5.41) is 25.2. The van der Waals surface area contributed by atoms with Crippen LogP contribution in [0.3, 0.4) is 0 Å². The van der Waals surface area contributed by atoms with Crippen LogP contribution in [0.15, 0.2) is 30.6 Å². The molecule has 0 saturated carbocycles. The fraction of sp³-hybridized carbons (Fsp3) is 0.200. The van der Waals surface area contributed by atoms with Crippen LogP contribution in [0.4, 0.5) is 11.4 Å². The van der Waals surface area contributed by atoms with Gasteiger partial charge in [0.25, 0.3) is 0 Å². The fourth-order valence-electron chi connectivity index (χ4n) is 3.44. The molecule has 8 nitrogen and oxygen atoms in total. The number of aromatic nitrogens is 4. The molecule has 1 aromatic carbocycles. The molecule has 8 heteroatoms. The molecule has 3 aromatic heterocycles. The summed E-state index contributed by atoms with van der Waals surface area (Å²) >= 11 is 0. The lowest BCUT2D eigenvalue weighted by atomic mass is 10.1. The van der Waals surface area contributed by atoms with Gasteiger partial charge in [-0.3, -0.25) is 5.10 Å². The zero-order valence-corrected chi connectivity index (χ0v) is 15.7. The summed E-state index contributed by atoms with van der Waals surface area (Å²) in [6, 6.07) is 7.94. The maximum absolute atomic E-state index is 12.4. The molecule has 28 heavy (non-hydrogen) atoms. The number of hydrogen-bond acceptors (Lipinski definition) is 6. The van der Waals surface area contributed by atoms with Crippen LogP contribution in [-0.2, 0) is 4.74 Å². The van der Waals surface area contributed by atoms with Gasteiger partial charge in [0.1, 0.15) is 6.07 Å². The standard InChI is InChI=1S/C20H18N6O2/c1-4-28-20(27)17-11(2)19-18(14(8-21)10-23-26(19)12(17)3)24-15-6-5-13-9-22-25-16(13)7-15/h5-7,9-10,24H,4H2,1-3H3,(H,22,25). The van der Waals surface area contributed by atoms with Crippen molar-refractivity contribution >= 4 is 33.8 Å². The van der Waals surface area contributed by atoms with E-state index >= 15 is 0 Å². The zero-order valence-electron chi connectivity index (χ0n) is 15.7. The number of carbonyl (C=O) groups excluding carboxylic acids is 1. The summed E-state index contributed by atoms with van der Waals surface area (Å²) in [6.45, 7) is 5.70. The van der Waals surface area contributed by atoms with Crippen LogP contribution in [0.1, 0.15) is 34.1 Å². The Hall–Kier alpha value is -3.86. The Morgan fingerprint density at radius 3 is 2.93 bits per heavy atom. The Kier molecular flexibility index (Phi) is 4.20. The Bertz CT molecular complexity index is 1260. The number of benzene rings is 1. The number of rotatable bonds is 4. The van der Waals surface area contributed by atoms with E-state index in [9.17, 15) is 10.1 Å². The first kappa shape index (κ1) is 17.5. The molecule has 3 heterocycles. The molecule has 0 saturated heterocycles. The average molecular weight is 374 g/mol. The smallest absolute Gasteiger partial charge is 0.340 e. The molecular formula is C20H18N6O2. The van der Waals surface area contributed by atoms with Crippen LogP contribution >= 0.6 is 0 Å². The van der Waals surface area contributed by atoms with Crippen molar-refractivity contribution in [3.63, 3.8) is 0 Å². The number of aryl methyl sites for hydroxylation is 2. The lowest BCUT2D eigenvalue weighted by Crippen LogP contribution is -2.07. The summed E-state index contributed by atoms with van der Waals surface area (Å²) in [5.41, 5.74) is 5.16. The Labute approximate surface area is 160 Å². The highest BCUT2D eigenvalue weighted by molar-refractivity contribution is 5.98. The molecular weight excluding hydrogens is 356 g/mol. The van der Waals surface area contributed by atoms with Gasteiger partial charge in [0.15, 0.2) is 0 Å². The number of anilines is 2. The summed E-state index contributed by atoms with van der Waals surface area (Å²) in [7, 11) is 0. The predicted molar refractivity (Wildman–Crippen MR) is 105 cm³/mol. The van der Waals surface area contributed by atoms with Crippen molar-refractivity contribution < 1.29 is 9.53 Å². The number of fused-ring (bicyclic) bond motifs is 2. The van der Waals surface area contributed by atoms with Gasteiger partial charge in [0, 0.05) is 11.1 Å². The minimum absolute atomic E-state index is 0.288. The summed E-state index contributed by atoms with van der Waals surface area (Å²) in [6.07, 6.45) is 3.24. The summed E-state index contributed by atoms with van der Waals surface area (Å²) in [5.74, 6) is -0.397. The number of H-pyrrole nitrogens is 1. The van der Waals surface area contributed by atoms with E-state index in [1.54, 1.807) is 17.6 Å². The van der Waals surface area contributed by atoms with Crippen LogP contribution < -0.4 is 5.32 Å². The molecule has 0 aliphatic rings. The SMILES string of the molecule is CCOC(=O)c1c(C)c2c(Nc3ccc4cn[nH]c4c3)c(C#N)cnn2c1C. The fourth-order valence-corrected chi connectivity index (χ4v) is 3.44. The second kappa shape index (κ2) is 6.70. The van der Waals surface area contributed by atoms with Crippen molar-refractivity contribution in [1.82, 2.24) is 19.8 Å². The first-order valence-electron chi connectivity index (χ1n) is 8.83. The lowest BCUT2D eigenvalue weighted by Gasteiger charge is -2.11. The number of carbonyl (C=O) groups is 1. The van der Waals surface area contributed by atoms with Crippen molar-refractivity contribution in [2.45, 2.75) is 20.8 Å². The predicted octanol–water partition coefficient (Wildman–Crippen LogP) is 3.62. The largest absolute Gasteiger partial charge is 0.462 e. The van der Waals surface area contributed by atoms with Gasteiger partial charge < -0.3 is 10.1 Å². The van der Waals surface area contributed by atoms with E-state index in [4.69, 9.17) is 4.74 Å². The quantitative estimate of drug-likeness (QED) is 0.528. The Balaban J connectivity index is 1.91. The molecule has 4 rings (SSSR count). The third kappa shape index (κ3) is 2.65. The van der Waals surface area contributed by atoms with Crippen molar-refractivity contribution in [2.24, 2.45) is 0 Å². The molecule has 4 aromatic rings. The van der Waals surface area contributed by atoms with E-state index in [0.717, 1.165) is 16.6 Å². The molecule has 0 fully saturated rings. The maximum Gasteiger partial charge on any atom is 0.340 e. The van der Waals surface area contributed by atoms with Gasteiger partial charge in [-0.1, -0.05) is 0 Å². The minimum Gasteiger partial charge on any atom is -0.462 e. The average Bonchev–Trinajstić information content (AvgIpc) is 3.24. The van der Waals surface area contributed by atoms with Crippen LogP contribution in [0.5, 0.6) is 0 Å². The number of nitrogens with zero attached hydrogens (tertiary/aromatic N) is 4. The van der Waals surface area contributed by atoms with Crippen molar-refractivity contribution in [2.75, 3.05) is 11.9 Å². The molecule has 0 unspecified atom stereocenters. The van der Waals surface area contributed by atoms with E-state index in [1.165, 1.54) is 6.20 Å². The van der Waals surface area contributed by atoms with Gasteiger partial charge >= 0.3 is 5.97 Å². The van der Waals surface area contributed by atoms with Crippen molar-refractivity contribution in [1.29, 1.82) is 5.26 Å². The molecule has 0 spiro atoms. The highest BCUT2D eigenvalue weighted by Crippen LogP contribution is 2.33. The monoisotopic (exact) mass is 374 g/mol. The molecule has 140 valence electrons. The summed E-state index contributed by atoms with van der Waals surface area (Å²) in [4.78, 5) is 12.4. The lowest BCUT2D eigenvalue weighted by molar-refractivity contribution is 0.0525. The van der Waals surface area contributed by atoms with Gasteiger partial charge in [-0.25, -0.2) is 9.31 Å². The van der Waals surface area contributed by atoms with Crippen LogP contribution in [0.25, 0.3) is 16.4 Å². The van der Waals surface area contributed by atoms with Gasteiger partial charge in [0.2, 0.25) is 0 Å². The second-order valence-corrected chi connectivity index (χ2v) is 6.41. The third-order valence-corrected chi connectivity index (χ3v) is 4.74. The first-order chi connectivity index (χ1) is 13.5. The maximum atomic E-state index is 12.4. The highest BCUT2D eigenvalue weighted by atomic mass is 16.5. The van der Waals surface area contributed by atoms with Crippen LogP contribution in [0, 0.1) is 25.2 Å². The molecule has 2 N–H and O–H groups in total. The van der Waals surface area contributed by atoms with E-state index < -0.39 is 5.97 Å². The Morgan fingerprint density at radius 1 is 1.36 bits per heavy atom. The highest BCUT2D eigenvalue weighted by Gasteiger charge is 2.24. The number of esters is 1. The van der Waals surface area contributed by atoms with E-state index in [0.29, 0.717) is 33.6 Å². The minimum atomic E-state index is -0.397. The van der Waals surface area contributed by atoms with E-state index in [1.807, 2.05) is 32.0 Å². The molecule has 0 aliphatic heterocycles. The Morgan fingerprint density at radius 2 is 2.18 bits per heavy atom. The van der Waals surface area contributed by atoms with Gasteiger partial charge in [-0.05, 0) is 44.5 Å². The van der Waals surface area contributed by atoms with Gasteiger partial charge in [-0.2, -0.15) is 15.5 Å². The topological polar surface area (TPSA) is 108 Å². The summed E-state index contributed by atoms with van der Waals surface area (Å²) < 4.78 is 6.86. The number of aromatic amines is 1. The van der Waals surface area contributed by atoms with Crippen molar-refractivity contribution in [3.05, 3.63) is 53.0 Å². The van der Waals surface area contributed by atoms with Gasteiger partial charge in [-0.15, -0.1) is 0 Å². The zero-order chi connectivity index (χ0) is 19.8. The number of nitrogens with one attached hydrogen (secondary N) is 2. The number of ether oxygens (including phenoxy) is 1. The molecule has 0 amide bonds. The molecule has 0 bridgehead atoms. The first-order valence-corrected chi connectivity index (χ1v) is 8.83. The second-order valence-electron chi connectivity index (χ2n) is 6.41. The van der Waals surface area contributed by atoms with Crippen LogP contribution in [0.2, 0.25) is 0 Å². The molecule has 0 radical (unpaired) electrons. The number of hydrogen-bond donors (Lipinski definition) is 2. The normalized spacial score (nSPS) is 10.9.